The van der Waals surface area contributed by atoms with Gasteiger partial charge in [-0.3, -0.25) is 9.59 Å². The molecule has 0 unspecified atom stereocenters. The minimum atomic E-state index is -1.26. The third-order valence-corrected chi connectivity index (χ3v) is 8.61. The number of hydrogen-bond acceptors (Lipinski definition) is 4. The van der Waals surface area contributed by atoms with Gasteiger partial charge in [-0.05, 0) is 63.2 Å². The molecule has 0 heterocycles. The summed E-state index contributed by atoms with van der Waals surface area (Å²) in [6, 6.07) is -0.999. The molecule has 1 saturated carbocycles. The van der Waals surface area contributed by atoms with Crippen LogP contribution in [0.5, 0.6) is 0 Å². The van der Waals surface area contributed by atoms with Crippen LogP contribution in [0.25, 0.3) is 0 Å². The summed E-state index contributed by atoms with van der Waals surface area (Å²) in [5.41, 5.74) is 2.55. The Bertz CT molecular complexity index is 651. The lowest BCUT2D eigenvalue weighted by Gasteiger charge is -2.53. The van der Waals surface area contributed by atoms with Crippen molar-refractivity contribution in [2.75, 3.05) is 0 Å². The predicted molar refractivity (Wildman–Crippen MR) is 153 cm³/mol. The third-order valence-electron chi connectivity index (χ3n) is 8.61. The fourth-order valence-corrected chi connectivity index (χ4v) is 7.02. The number of carbonyl (C=O) groups excluding carboxylic acids is 2. The highest BCUT2D eigenvalue weighted by Crippen LogP contribution is 2.45. The fraction of sp³-hybridized carbons (Fsp3) is 0.935. The average Bonchev–Trinajstić information content (AvgIpc) is 3.29. The highest BCUT2D eigenvalue weighted by molar-refractivity contribution is 6.05. The van der Waals surface area contributed by atoms with Crippen molar-refractivity contribution < 1.29 is 19.8 Å². The zero-order valence-corrected chi connectivity index (χ0v) is 25.4. The summed E-state index contributed by atoms with van der Waals surface area (Å²) >= 11 is 0. The quantitative estimate of drug-likeness (QED) is 0.182. The van der Waals surface area contributed by atoms with Crippen LogP contribution in [0.1, 0.15) is 145 Å². The van der Waals surface area contributed by atoms with Gasteiger partial charge in [0.05, 0.1) is 23.3 Å². The summed E-state index contributed by atoms with van der Waals surface area (Å²) in [5.74, 6) is -0.377. The molecule has 0 aromatic rings. The molecule has 0 bridgehead atoms. The van der Waals surface area contributed by atoms with E-state index in [-0.39, 0.29) is 17.7 Å². The molecule has 0 aliphatic heterocycles. The smallest absolute Gasteiger partial charge is 0.238 e. The Morgan fingerprint density at radius 1 is 0.757 bits per heavy atom. The Balaban J connectivity index is 4.02. The highest BCUT2D eigenvalue weighted by atomic mass is 16.3. The fourth-order valence-electron chi connectivity index (χ4n) is 7.02. The van der Waals surface area contributed by atoms with Crippen LogP contribution >= 0.6 is 0 Å². The first kappa shape index (κ1) is 33.9. The Labute approximate surface area is 228 Å². The van der Waals surface area contributed by atoms with Crippen LogP contribution in [0, 0.1) is 17.3 Å². The van der Waals surface area contributed by atoms with Gasteiger partial charge in [-0.15, -0.1) is 0 Å². The van der Waals surface area contributed by atoms with E-state index in [1.807, 2.05) is 4.90 Å². The van der Waals surface area contributed by atoms with Crippen molar-refractivity contribution >= 4 is 11.8 Å². The molecule has 0 radical (unpaired) electrons. The van der Waals surface area contributed by atoms with E-state index < -0.39 is 34.6 Å². The lowest BCUT2D eigenvalue weighted by Crippen LogP contribution is -2.67. The molecule has 1 aliphatic rings. The summed E-state index contributed by atoms with van der Waals surface area (Å²) in [5, 5.41) is 24.6. The Kier molecular flexibility index (Phi) is 13.6. The van der Waals surface area contributed by atoms with E-state index in [1.54, 1.807) is 0 Å². The lowest BCUT2D eigenvalue weighted by molar-refractivity contribution is -0.176. The first-order valence-corrected chi connectivity index (χ1v) is 15.4. The minimum absolute atomic E-state index is 0.221. The van der Waals surface area contributed by atoms with Crippen LogP contribution < -0.4 is 5.73 Å². The van der Waals surface area contributed by atoms with Gasteiger partial charge >= 0.3 is 0 Å². The molecule has 6 nitrogen and oxygen atoms in total. The number of amides is 2. The Morgan fingerprint density at radius 3 is 1.32 bits per heavy atom. The lowest BCUT2D eigenvalue weighted by atomic mass is 9.73. The number of nitrogens with zero attached hydrogens (tertiary/aromatic N) is 1. The van der Waals surface area contributed by atoms with Gasteiger partial charge in [0.25, 0.3) is 0 Å². The largest absolute Gasteiger partial charge is 0.388 e. The molecule has 2 amide bonds. The van der Waals surface area contributed by atoms with Crippen molar-refractivity contribution in [3.63, 3.8) is 0 Å². The maximum atomic E-state index is 14.9. The van der Waals surface area contributed by atoms with Gasteiger partial charge < -0.3 is 20.8 Å². The van der Waals surface area contributed by atoms with Gasteiger partial charge in [-0.2, -0.15) is 0 Å². The van der Waals surface area contributed by atoms with Crippen molar-refractivity contribution in [1.29, 1.82) is 0 Å². The van der Waals surface area contributed by atoms with Gasteiger partial charge in [0.15, 0.2) is 0 Å². The molecule has 37 heavy (non-hydrogen) atoms. The van der Waals surface area contributed by atoms with Gasteiger partial charge in [-0.1, -0.05) is 93.9 Å². The molecular formula is C31H60N2O4. The first-order valence-electron chi connectivity index (χ1n) is 15.4. The maximum Gasteiger partial charge on any atom is 0.238 e. The minimum Gasteiger partial charge on any atom is -0.388 e. The number of rotatable bonds is 18. The van der Waals surface area contributed by atoms with Gasteiger partial charge in [0, 0.05) is 0 Å². The summed E-state index contributed by atoms with van der Waals surface area (Å²) in [7, 11) is 0. The Morgan fingerprint density at radius 2 is 1.08 bits per heavy atom. The van der Waals surface area contributed by atoms with E-state index in [2.05, 4.69) is 55.4 Å². The van der Waals surface area contributed by atoms with E-state index >= 15 is 0 Å². The number of primary amides is 1. The van der Waals surface area contributed by atoms with E-state index in [0.717, 1.165) is 38.5 Å². The Hall–Kier alpha value is -1.14. The van der Waals surface area contributed by atoms with Crippen molar-refractivity contribution in [3.05, 3.63) is 0 Å². The average molecular weight is 525 g/mol. The molecule has 2 atom stereocenters. The standard InChI is InChI=1S/C31H60N2O4/c1-9-15-30(36,16-10-2)25(21-23(5)6)33(28(35)29(27(32)34)19-13-14-20-29)26(22-24(7)8)31(37,17-11-3)18-12-4/h23-26,36-37H,9-22H2,1-8H3,(H2,32,34)/t25-,26-/m1/s1. The topological polar surface area (TPSA) is 104 Å². The normalized spacial score (nSPS) is 17.8. The van der Waals surface area contributed by atoms with Crippen molar-refractivity contribution in [2.24, 2.45) is 23.0 Å². The monoisotopic (exact) mass is 524 g/mol. The molecule has 1 fully saturated rings. The van der Waals surface area contributed by atoms with E-state index in [0.29, 0.717) is 51.4 Å². The number of hydrogen-bond donors (Lipinski definition) is 3. The summed E-state index contributed by atoms with van der Waals surface area (Å²) in [6.45, 7) is 16.7. The van der Waals surface area contributed by atoms with Crippen LogP contribution in [-0.2, 0) is 9.59 Å². The molecule has 1 aliphatic carbocycles. The van der Waals surface area contributed by atoms with E-state index in [1.165, 1.54) is 0 Å². The molecule has 4 N–H and O–H groups in total. The SMILES string of the molecule is CCCC(O)(CCC)[C@@H](CC(C)C)N(C(=O)C1(C(N)=O)CCCC1)[C@H](CC(C)C)C(O)(CCC)CCC. The molecule has 0 aromatic heterocycles. The van der Waals surface area contributed by atoms with Crippen LogP contribution in [0.2, 0.25) is 0 Å². The van der Waals surface area contributed by atoms with Gasteiger partial charge in [0.1, 0.15) is 5.41 Å². The second kappa shape index (κ2) is 14.9. The highest BCUT2D eigenvalue weighted by Gasteiger charge is 2.56. The predicted octanol–water partition coefficient (Wildman–Crippen LogP) is 6.35. The zero-order chi connectivity index (χ0) is 28.4. The number of carbonyl (C=O) groups is 2. The third kappa shape index (κ3) is 8.17. The maximum absolute atomic E-state index is 14.9. The summed E-state index contributed by atoms with van der Waals surface area (Å²) in [6.07, 6.45) is 9.12. The summed E-state index contributed by atoms with van der Waals surface area (Å²) < 4.78 is 0. The second-order valence-electron chi connectivity index (χ2n) is 12.9. The molecule has 6 heteroatoms. The van der Waals surface area contributed by atoms with E-state index in [4.69, 9.17) is 5.73 Å². The number of nitrogens with two attached hydrogens (primary N) is 1. The molecule has 218 valence electrons. The van der Waals surface area contributed by atoms with Crippen LogP contribution in [-0.4, -0.2) is 50.2 Å². The molecule has 0 spiro atoms. The van der Waals surface area contributed by atoms with Gasteiger partial charge in [-0.25, -0.2) is 0 Å². The van der Waals surface area contributed by atoms with Crippen molar-refractivity contribution in [2.45, 2.75) is 169 Å². The van der Waals surface area contributed by atoms with Crippen LogP contribution in [0.3, 0.4) is 0 Å². The van der Waals surface area contributed by atoms with Gasteiger partial charge in [0.2, 0.25) is 11.8 Å². The van der Waals surface area contributed by atoms with Crippen molar-refractivity contribution in [3.8, 4) is 0 Å². The molecule has 0 aromatic carbocycles. The molecule has 1 rings (SSSR count). The molecular weight excluding hydrogens is 464 g/mol. The van der Waals surface area contributed by atoms with E-state index in [9.17, 15) is 19.8 Å². The number of aliphatic hydroxyl groups is 2. The summed E-state index contributed by atoms with van der Waals surface area (Å²) in [4.78, 5) is 29.7. The molecule has 0 saturated heterocycles. The van der Waals surface area contributed by atoms with Crippen LogP contribution in [0.15, 0.2) is 0 Å². The first-order chi connectivity index (χ1) is 17.3. The second-order valence-corrected chi connectivity index (χ2v) is 12.9. The van der Waals surface area contributed by atoms with Crippen LogP contribution in [0.4, 0.5) is 0 Å². The zero-order valence-electron chi connectivity index (χ0n) is 25.4. The van der Waals surface area contributed by atoms with Crippen molar-refractivity contribution in [1.82, 2.24) is 4.90 Å².